The van der Waals surface area contributed by atoms with Crippen molar-refractivity contribution in [3.05, 3.63) is 64.8 Å². The normalized spacial score (nSPS) is 11.4. The minimum absolute atomic E-state index is 0.0659. The first-order chi connectivity index (χ1) is 13.3. The number of nitro groups is 1. The molecule has 0 spiro atoms. The number of hydrogen-bond acceptors (Lipinski definition) is 5. The molecule has 1 heterocycles. The number of aromatic nitrogens is 2. The summed E-state index contributed by atoms with van der Waals surface area (Å²) in [7, 11) is 0. The molecule has 0 bridgehead atoms. The average Bonchev–Trinajstić information content (AvgIpc) is 3.05. The molecule has 0 amide bonds. The second kappa shape index (κ2) is 7.93. The van der Waals surface area contributed by atoms with E-state index < -0.39 is 11.3 Å². The quantitative estimate of drug-likeness (QED) is 0.307. The maximum Gasteiger partial charge on any atom is 0.573 e. The van der Waals surface area contributed by atoms with Crippen LogP contribution >= 0.6 is 11.8 Å². The highest BCUT2D eigenvalue weighted by molar-refractivity contribution is 7.99. The van der Waals surface area contributed by atoms with Gasteiger partial charge in [-0.05, 0) is 30.0 Å². The zero-order valence-electron chi connectivity index (χ0n) is 14.5. The molecule has 3 aromatic rings. The van der Waals surface area contributed by atoms with Gasteiger partial charge in [-0.3, -0.25) is 14.7 Å². The summed E-state index contributed by atoms with van der Waals surface area (Å²) in [5.74, 6) is 0.388. The Morgan fingerprint density at radius 1 is 1.21 bits per heavy atom. The van der Waals surface area contributed by atoms with E-state index in [1.54, 1.807) is 22.9 Å². The molecular formula is C18H14F3N3O3S. The predicted octanol–water partition coefficient (Wildman–Crippen LogP) is 5.46. The minimum Gasteiger partial charge on any atom is -0.406 e. The van der Waals surface area contributed by atoms with Crippen LogP contribution in [0.5, 0.6) is 5.75 Å². The molecule has 1 aromatic heterocycles. The predicted molar refractivity (Wildman–Crippen MR) is 98.7 cm³/mol. The third kappa shape index (κ3) is 4.45. The first kappa shape index (κ1) is 19.7. The third-order valence-corrected chi connectivity index (χ3v) is 4.52. The van der Waals surface area contributed by atoms with Crippen LogP contribution in [0.4, 0.5) is 18.9 Å². The summed E-state index contributed by atoms with van der Waals surface area (Å²) in [6, 6.07) is 11.5. The van der Waals surface area contributed by atoms with Crippen molar-refractivity contribution in [2.45, 2.75) is 18.4 Å². The van der Waals surface area contributed by atoms with E-state index in [0.717, 1.165) is 5.75 Å². The van der Waals surface area contributed by atoms with E-state index in [-0.39, 0.29) is 11.4 Å². The molecule has 0 aliphatic heterocycles. The Morgan fingerprint density at radius 2 is 1.93 bits per heavy atom. The number of nitrogens with zero attached hydrogens (tertiary/aromatic N) is 3. The van der Waals surface area contributed by atoms with Gasteiger partial charge in [-0.1, -0.05) is 30.8 Å². The van der Waals surface area contributed by atoms with Gasteiger partial charge in [0.05, 0.1) is 16.8 Å². The number of halogens is 3. The molecule has 0 fully saturated rings. The summed E-state index contributed by atoms with van der Waals surface area (Å²) in [6.45, 7) is 1.94. The van der Waals surface area contributed by atoms with Gasteiger partial charge < -0.3 is 4.74 Å². The van der Waals surface area contributed by atoms with Crippen LogP contribution in [0.1, 0.15) is 6.92 Å². The minimum atomic E-state index is -4.77. The van der Waals surface area contributed by atoms with Crippen molar-refractivity contribution in [3.8, 4) is 22.7 Å². The molecule has 0 atom stereocenters. The highest BCUT2D eigenvalue weighted by Gasteiger charge is 2.31. The molecule has 146 valence electrons. The molecular weight excluding hydrogens is 395 g/mol. The second-order valence-electron chi connectivity index (χ2n) is 5.54. The maximum absolute atomic E-state index is 12.4. The molecule has 2 aromatic carbocycles. The molecule has 0 N–H and O–H groups in total. The van der Waals surface area contributed by atoms with E-state index in [4.69, 9.17) is 0 Å². The molecule has 6 nitrogen and oxygen atoms in total. The number of ether oxygens (including phenoxy) is 1. The SMILES string of the molecule is CCSc1ncc(-c2cccc([N+](=O)[O-])c2)n1-c1ccc(OC(F)(F)F)cc1. The Balaban J connectivity index is 2.06. The van der Waals surface area contributed by atoms with Crippen LogP contribution in [0, 0.1) is 10.1 Å². The van der Waals surface area contributed by atoms with Gasteiger partial charge in [-0.2, -0.15) is 0 Å². The fourth-order valence-electron chi connectivity index (χ4n) is 2.59. The van der Waals surface area contributed by atoms with Crippen molar-refractivity contribution < 1.29 is 22.8 Å². The van der Waals surface area contributed by atoms with E-state index in [1.807, 2.05) is 6.92 Å². The van der Waals surface area contributed by atoms with Gasteiger partial charge in [0.15, 0.2) is 5.16 Å². The van der Waals surface area contributed by atoms with Gasteiger partial charge in [0.2, 0.25) is 0 Å². The zero-order valence-corrected chi connectivity index (χ0v) is 15.3. The number of benzene rings is 2. The lowest BCUT2D eigenvalue weighted by atomic mass is 10.1. The first-order valence-electron chi connectivity index (χ1n) is 8.10. The highest BCUT2D eigenvalue weighted by atomic mass is 32.2. The Labute approximate surface area is 162 Å². The first-order valence-corrected chi connectivity index (χ1v) is 9.08. The Kier molecular flexibility index (Phi) is 5.59. The van der Waals surface area contributed by atoms with Crippen molar-refractivity contribution >= 4 is 17.4 Å². The summed E-state index contributed by atoms with van der Waals surface area (Å²) in [5, 5.41) is 11.7. The van der Waals surface area contributed by atoms with Crippen LogP contribution in [-0.2, 0) is 0 Å². The van der Waals surface area contributed by atoms with Crippen LogP contribution < -0.4 is 4.74 Å². The third-order valence-electron chi connectivity index (χ3n) is 3.68. The molecule has 0 aliphatic rings. The molecule has 0 radical (unpaired) electrons. The topological polar surface area (TPSA) is 70.2 Å². The summed E-state index contributed by atoms with van der Waals surface area (Å²) in [4.78, 5) is 14.9. The van der Waals surface area contributed by atoms with Crippen molar-refractivity contribution in [2.24, 2.45) is 0 Å². The second-order valence-corrected chi connectivity index (χ2v) is 6.77. The number of nitro benzene ring substituents is 1. The highest BCUT2D eigenvalue weighted by Crippen LogP contribution is 2.32. The fraction of sp³-hybridized carbons (Fsp3) is 0.167. The summed E-state index contributed by atoms with van der Waals surface area (Å²) >= 11 is 1.44. The summed E-state index contributed by atoms with van der Waals surface area (Å²) < 4.78 is 42.8. The number of imidazole rings is 1. The van der Waals surface area contributed by atoms with E-state index in [9.17, 15) is 23.3 Å². The van der Waals surface area contributed by atoms with Crippen LogP contribution in [0.3, 0.4) is 0 Å². The van der Waals surface area contributed by atoms with Gasteiger partial charge in [0.1, 0.15) is 5.75 Å². The van der Waals surface area contributed by atoms with E-state index >= 15 is 0 Å². The summed E-state index contributed by atoms with van der Waals surface area (Å²) in [5.41, 5.74) is 1.65. The lowest BCUT2D eigenvalue weighted by Crippen LogP contribution is -2.17. The zero-order chi connectivity index (χ0) is 20.3. The monoisotopic (exact) mass is 409 g/mol. The van der Waals surface area contributed by atoms with Gasteiger partial charge in [-0.15, -0.1) is 13.2 Å². The van der Waals surface area contributed by atoms with Crippen molar-refractivity contribution in [1.29, 1.82) is 0 Å². The van der Waals surface area contributed by atoms with Crippen LogP contribution in [0.15, 0.2) is 59.9 Å². The van der Waals surface area contributed by atoms with E-state index in [0.29, 0.717) is 22.1 Å². The Morgan fingerprint density at radius 3 is 2.54 bits per heavy atom. The number of alkyl halides is 3. The van der Waals surface area contributed by atoms with Crippen molar-refractivity contribution in [1.82, 2.24) is 9.55 Å². The van der Waals surface area contributed by atoms with Gasteiger partial charge >= 0.3 is 6.36 Å². The lowest BCUT2D eigenvalue weighted by Gasteiger charge is -2.13. The van der Waals surface area contributed by atoms with Gasteiger partial charge in [-0.25, -0.2) is 4.98 Å². The fourth-order valence-corrected chi connectivity index (χ4v) is 3.31. The number of rotatable bonds is 6. The van der Waals surface area contributed by atoms with Crippen LogP contribution in [-0.4, -0.2) is 26.6 Å². The standard InChI is InChI=1S/C18H14F3N3O3S/c1-2-28-17-22-11-16(12-4-3-5-14(10-12)24(25)26)23(17)13-6-8-15(9-7-13)27-18(19,20)21/h3-11H,2H2,1H3. The van der Waals surface area contributed by atoms with E-state index in [1.165, 1.54) is 48.2 Å². The molecule has 10 heteroatoms. The molecule has 0 saturated heterocycles. The van der Waals surface area contributed by atoms with Crippen molar-refractivity contribution in [2.75, 3.05) is 5.75 Å². The average molecular weight is 409 g/mol. The molecule has 28 heavy (non-hydrogen) atoms. The summed E-state index contributed by atoms with van der Waals surface area (Å²) in [6.07, 6.45) is -3.19. The van der Waals surface area contributed by atoms with Gasteiger partial charge in [0.25, 0.3) is 5.69 Å². The van der Waals surface area contributed by atoms with Crippen LogP contribution in [0.2, 0.25) is 0 Å². The number of non-ortho nitro benzene ring substituents is 1. The Hall–Kier alpha value is -3.01. The van der Waals surface area contributed by atoms with Crippen molar-refractivity contribution in [3.63, 3.8) is 0 Å². The maximum atomic E-state index is 12.4. The molecule has 0 unspecified atom stereocenters. The van der Waals surface area contributed by atoms with Gasteiger partial charge in [0, 0.05) is 23.4 Å². The number of hydrogen-bond donors (Lipinski definition) is 0. The van der Waals surface area contributed by atoms with E-state index in [2.05, 4.69) is 9.72 Å². The smallest absolute Gasteiger partial charge is 0.406 e. The molecule has 0 aliphatic carbocycles. The van der Waals surface area contributed by atoms with Crippen LogP contribution in [0.25, 0.3) is 16.9 Å². The molecule has 0 saturated carbocycles. The molecule has 3 rings (SSSR count). The Bertz CT molecular complexity index is 988. The lowest BCUT2D eigenvalue weighted by molar-refractivity contribution is -0.384. The largest absolute Gasteiger partial charge is 0.573 e. The number of thioether (sulfide) groups is 1.